The first kappa shape index (κ1) is 18.0. The highest BCUT2D eigenvalue weighted by atomic mass is 79.9. The van der Waals surface area contributed by atoms with E-state index in [9.17, 15) is 19.7 Å². The minimum absolute atomic E-state index is 0.0768. The van der Waals surface area contributed by atoms with Crippen LogP contribution >= 0.6 is 27.3 Å². The number of nitrogens with zero attached hydrogens (tertiary/aromatic N) is 2. The molecule has 24 heavy (non-hydrogen) atoms. The smallest absolute Gasteiger partial charge is 0.350 e. The van der Waals surface area contributed by atoms with E-state index in [1.54, 1.807) is 13.0 Å². The van der Waals surface area contributed by atoms with Gasteiger partial charge in [0.25, 0.3) is 5.69 Å². The van der Waals surface area contributed by atoms with Gasteiger partial charge in [0.2, 0.25) is 5.91 Å². The third kappa shape index (κ3) is 4.15. The van der Waals surface area contributed by atoms with Crippen LogP contribution in [-0.2, 0) is 9.53 Å². The van der Waals surface area contributed by atoms with Crippen molar-refractivity contribution in [3.05, 3.63) is 39.3 Å². The molecular weight excluding hydrogens is 402 g/mol. The molecule has 0 saturated heterocycles. The second kappa shape index (κ2) is 7.97. The first-order valence-electron chi connectivity index (χ1n) is 6.74. The molecule has 1 aromatic carbocycles. The molecule has 0 atom stereocenters. The Hall–Kier alpha value is -2.33. The minimum atomic E-state index is -0.601. The molecule has 0 aliphatic carbocycles. The Balaban J connectivity index is 2.49. The fourth-order valence-corrected chi connectivity index (χ4v) is 2.86. The monoisotopic (exact) mass is 413 g/mol. The summed E-state index contributed by atoms with van der Waals surface area (Å²) in [6.45, 7) is 1.84. The zero-order chi connectivity index (χ0) is 17.7. The number of esters is 1. The van der Waals surface area contributed by atoms with E-state index in [1.807, 2.05) is 0 Å². The molecule has 1 N–H and O–H groups in total. The minimum Gasteiger partial charge on any atom is -0.462 e. The van der Waals surface area contributed by atoms with E-state index in [0.717, 1.165) is 11.3 Å². The molecule has 0 saturated carbocycles. The maximum Gasteiger partial charge on any atom is 0.350 e. The summed E-state index contributed by atoms with van der Waals surface area (Å²) in [5.41, 5.74) is 0.496. The Bertz CT molecular complexity index is 792. The van der Waals surface area contributed by atoms with Crippen molar-refractivity contribution in [2.45, 2.75) is 6.92 Å². The van der Waals surface area contributed by atoms with E-state index in [1.165, 1.54) is 18.2 Å². The molecule has 8 nitrogen and oxygen atoms in total. The summed E-state index contributed by atoms with van der Waals surface area (Å²) in [4.78, 5) is 38.4. The lowest BCUT2D eigenvalue weighted by molar-refractivity contribution is -0.384. The van der Waals surface area contributed by atoms with Crippen molar-refractivity contribution < 1.29 is 19.2 Å². The fraction of sp³-hybridized carbons (Fsp3) is 0.214. The normalized spacial score (nSPS) is 10.2. The van der Waals surface area contributed by atoms with Crippen LogP contribution in [0.3, 0.4) is 0 Å². The SMILES string of the molecule is CCOC(=O)c1sc(NC(=O)CBr)nc1-c1cccc([N+](=O)[O-])c1. The van der Waals surface area contributed by atoms with Gasteiger partial charge in [0, 0.05) is 17.7 Å². The fourth-order valence-electron chi connectivity index (χ4n) is 1.82. The third-order valence-electron chi connectivity index (χ3n) is 2.79. The van der Waals surface area contributed by atoms with Gasteiger partial charge in [-0.05, 0) is 6.92 Å². The number of hydrogen-bond donors (Lipinski definition) is 1. The number of carbonyl (C=O) groups excluding carboxylic acids is 2. The Morgan fingerprint density at radius 1 is 1.46 bits per heavy atom. The lowest BCUT2D eigenvalue weighted by Crippen LogP contribution is -2.11. The van der Waals surface area contributed by atoms with Crippen molar-refractivity contribution in [1.29, 1.82) is 0 Å². The van der Waals surface area contributed by atoms with Gasteiger partial charge in [-0.25, -0.2) is 9.78 Å². The lowest BCUT2D eigenvalue weighted by Gasteiger charge is -2.02. The number of ether oxygens (including phenoxy) is 1. The van der Waals surface area contributed by atoms with Crippen LogP contribution in [0.1, 0.15) is 16.6 Å². The molecule has 0 fully saturated rings. The van der Waals surface area contributed by atoms with Gasteiger partial charge in [-0.2, -0.15) is 0 Å². The van der Waals surface area contributed by atoms with Crippen molar-refractivity contribution >= 4 is 50.0 Å². The van der Waals surface area contributed by atoms with E-state index in [-0.39, 0.29) is 39.2 Å². The number of nitrogens with one attached hydrogen (secondary N) is 1. The van der Waals surface area contributed by atoms with E-state index in [0.29, 0.717) is 5.56 Å². The summed E-state index contributed by atoms with van der Waals surface area (Å²) in [6.07, 6.45) is 0. The summed E-state index contributed by atoms with van der Waals surface area (Å²) in [7, 11) is 0. The highest BCUT2D eigenvalue weighted by Gasteiger charge is 2.22. The zero-order valence-electron chi connectivity index (χ0n) is 12.4. The highest BCUT2D eigenvalue weighted by molar-refractivity contribution is 9.09. The van der Waals surface area contributed by atoms with Crippen molar-refractivity contribution in [1.82, 2.24) is 4.98 Å². The lowest BCUT2D eigenvalue weighted by atomic mass is 10.1. The number of anilines is 1. The summed E-state index contributed by atoms with van der Waals surface area (Å²) in [5, 5.41) is 13.8. The van der Waals surface area contributed by atoms with Crippen molar-refractivity contribution in [3.8, 4) is 11.3 Å². The van der Waals surface area contributed by atoms with Gasteiger partial charge < -0.3 is 10.1 Å². The molecule has 1 heterocycles. The topological polar surface area (TPSA) is 111 Å². The average molecular weight is 414 g/mol. The number of non-ortho nitro benzene ring substituents is 1. The van der Waals surface area contributed by atoms with Gasteiger partial charge in [0.05, 0.1) is 22.6 Å². The number of nitro groups is 1. The number of amides is 1. The Morgan fingerprint density at radius 3 is 2.83 bits per heavy atom. The van der Waals surface area contributed by atoms with Crippen LogP contribution < -0.4 is 5.32 Å². The Labute approximate surface area is 149 Å². The van der Waals surface area contributed by atoms with Gasteiger partial charge in [-0.15, -0.1) is 0 Å². The Morgan fingerprint density at radius 2 is 2.21 bits per heavy atom. The second-order valence-electron chi connectivity index (χ2n) is 4.41. The number of carbonyl (C=O) groups is 2. The molecule has 0 bridgehead atoms. The predicted octanol–water partition coefficient (Wildman–Crippen LogP) is 3.23. The molecule has 0 aliphatic rings. The summed E-state index contributed by atoms with van der Waals surface area (Å²) >= 11 is 3.97. The van der Waals surface area contributed by atoms with Crippen LogP contribution in [0.4, 0.5) is 10.8 Å². The van der Waals surface area contributed by atoms with E-state index in [4.69, 9.17) is 4.74 Å². The molecule has 0 radical (unpaired) electrons. The second-order valence-corrected chi connectivity index (χ2v) is 5.97. The first-order valence-corrected chi connectivity index (χ1v) is 8.68. The molecule has 0 unspecified atom stereocenters. The number of rotatable bonds is 6. The molecule has 1 aromatic heterocycles. The van der Waals surface area contributed by atoms with E-state index >= 15 is 0 Å². The largest absolute Gasteiger partial charge is 0.462 e. The van der Waals surface area contributed by atoms with Crippen LogP contribution in [0.15, 0.2) is 24.3 Å². The van der Waals surface area contributed by atoms with Crippen LogP contribution in [0.25, 0.3) is 11.3 Å². The molecule has 0 aliphatic heterocycles. The van der Waals surface area contributed by atoms with Crippen LogP contribution in [0.5, 0.6) is 0 Å². The van der Waals surface area contributed by atoms with Gasteiger partial charge in [0.1, 0.15) is 4.88 Å². The maximum atomic E-state index is 12.1. The molecule has 126 valence electrons. The van der Waals surface area contributed by atoms with E-state index < -0.39 is 10.9 Å². The number of halogens is 1. The standard InChI is InChI=1S/C14H12BrN3O5S/c1-2-23-13(20)12-11(17-14(24-12)16-10(19)7-15)8-4-3-5-9(6-8)18(21)22/h3-6H,2,7H2,1H3,(H,16,17,19). The van der Waals surface area contributed by atoms with Gasteiger partial charge in [-0.1, -0.05) is 39.4 Å². The molecule has 0 spiro atoms. The number of nitro benzene ring substituents is 1. The molecule has 2 aromatic rings. The number of hydrogen-bond acceptors (Lipinski definition) is 7. The van der Waals surface area contributed by atoms with Crippen LogP contribution in [0.2, 0.25) is 0 Å². The molecular formula is C14H12BrN3O5S. The molecule has 10 heteroatoms. The van der Waals surface area contributed by atoms with Crippen molar-refractivity contribution in [2.75, 3.05) is 17.3 Å². The molecule has 2 rings (SSSR count). The summed E-state index contributed by atoms with van der Waals surface area (Å²) in [6, 6.07) is 5.75. The Kier molecular flexibility index (Phi) is 5.99. The quantitative estimate of drug-likeness (QED) is 0.336. The average Bonchev–Trinajstić information content (AvgIpc) is 2.99. The number of aromatic nitrogens is 1. The number of thiazole rings is 1. The predicted molar refractivity (Wildman–Crippen MR) is 92.6 cm³/mol. The third-order valence-corrected chi connectivity index (χ3v) is 4.25. The van der Waals surface area contributed by atoms with Crippen LogP contribution in [-0.4, -0.2) is 33.7 Å². The first-order chi connectivity index (χ1) is 11.5. The van der Waals surface area contributed by atoms with E-state index in [2.05, 4.69) is 26.2 Å². The van der Waals surface area contributed by atoms with Gasteiger partial charge >= 0.3 is 5.97 Å². The summed E-state index contributed by atoms with van der Waals surface area (Å²) < 4.78 is 4.99. The summed E-state index contributed by atoms with van der Waals surface area (Å²) in [5.74, 6) is -0.930. The van der Waals surface area contributed by atoms with Gasteiger partial charge in [-0.3, -0.25) is 14.9 Å². The molecule has 1 amide bonds. The van der Waals surface area contributed by atoms with Crippen molar-refractivity contribution in [2.24, 2.45) is 0 Å². The van der Waals surface area contributed by atoms with Crippen LogP contribution in [0, 0.1) is 10.1 Å². The van der Waals surface area contributed by atoms with Crippen molar-refractivity contribution in [3.63, 3.8) is 0 Å². The zero-order valence-corrected chi connectivity index (χ0v) is 14.8. The van der Waals surface area contributed by atoms with Gasteiger partial charge in [0.15, 0.2) is 5.13 Å². The number of benzene rings is 1. The number of alkyl halides is 1. The maximum absolute atomic E-state index is 12.1. The highest BCUT2D eigenvalue weighted by Crippen LogP contribution is 2.33.